The van der Waals surface area contributed by atoms with Gasteiger partial charge in [-0.3, -0.25) is 10.1 Å². The number of anilines is 1. The van der Waals surface area contributed by atoms with Crippen LogP contribution in [0.3, 0.4) is 0 Å². The molecule has 0 bridgehead atoms. The summed E-state index contributed by atoms with van der Waals surface area (Å²) in [7, 11) is 0. The lowest BCUT2D eigenvalue weighted by Gasteiger charge is -2.30. The molecule has 2 aromatic carbocycles. The summed E-state index contributed by atoms with van der Waals surface area (Å²) in [6.07, 6.45) is 0. The molecule has 0 aliphatic carbocycles. The van der Waals surface area contributed by atoms with Gasteiger partial charge >= 0.3 is 11.9 Å². The molecular formula is C23H22N2O8. The van der Waals surface area contributed by atoms with E-state index in [9.17, 15) is 19.7 Å². The number of fused-ring (bicyclic) bond motifs is 1. The molecule has 1 saturated heterocycles. The van der Waals surface area contributed by atoms with Gasteiger partial charge in [-0.1, -0.05) is 18.2 Å². The standard InChI is InChI=1S/C23H22N2O8/c1-2-31-23(27)21-18(16-5-3-4-6-20(16)33-21)14-32-22(26)17-13-15(25(28)29)7-8-19(17)24-9-11-30-12-10-24/h3-8,13H,2,9-12,14H2,1H3. The number of hydrogen-bond donors (Lipinski definition) is 0. The Kier molecular flexibility index (Phi) is 6.55. The smallest absolute Gasteiger partial charge is 0.374 e. The molecule has 33 heavy (non-hydrogen) atoms. The number of non-ortho nitro benzene ring substituents is 1. The summed E-state index contributed by atoms with van der Waals surface area (Å²) in [6, 6.07) is 11.1. The predicted molar refractivity (Wildman–Crippen MR) is 117 cm³/mol. The Bertz CT molecular complexity index is 1200. The number of furan rings is 1. The fourth-order valence-electron chi connectivity index (χ4n) is 3.70. The van der Waals surface area contributed by atoms with E-state index in [2.05, 4.69) is 0 Å². The zero-order chi connectivity index (χ0) is 23.4. The summed E-state index contributed by atoms with van der Waals surface area (Å²) in [5.41, 5.74) is 1.19. The summed E-state index contributed by atoms with van der Waals surface area (Å²) in [5, 5.41) is 11.9. The van der Waals surface area contributed by atoms with Crippen molar-refractivity contribution in [3.05, 3.63) is 69.5 Å². The van der Waals surface area contributed by atoms with Crippen LogP contribution in [0.5, 0.6) is 0 Å². The first kappa shape index (κ1) is 22.3. The minimum absolute atomic E-state index is 0.0432. The zero-order valence-corrected chi connectivity index (χ0v) is 17.9. The Balaban J connectivity index is 1.65. The van der Waals surface area contributed by atoms with E-state index in [1.165, 1.54) is 18.2 Å². The van der Waals surface area contributed by atoms with Gasteiger partial charge in [-0.2, -0.15) is 0 Å². The van der Waals surface area contributed by atoms with Crippen molar-refractivity contribution in [3.63, 3.8) is 0 Å². The van der Waals surface area contributed by atoms with Crippen LogP contribution in [-0.4, -0.2) is 49.8 Å². The molecule has 3 aromatic rings. The number of para-hydroxylation sites is 1. The van der Waals surface area contributed by atoms with Gasteiger partial charge in [-0.15, -0.1) is 0 Å². The number of benzene rings is 2. The second-order valence-corrected chi connectivity index (χ2v) is 7.26. The van der Waals surface area contributed by atoms with Crippen LogP contribution in [-0.2, 0) is 20.8 Å². The highest BCUT2D eigenvalue weighted by molar-refractivity contribution is 5.98. The van der Waals surface area contributed by atoms with Gasteiger partial charge in [0.2, 0.25) is 5.76 Å². The monoisotopic (exact) mass is 454 g/mol. The molecule has 0 N–H and O–H groups in total. The first-order valence-corrected chi connectivity index (χ1v) is 10.5. The molecule has 0 spiro atoms. The summed E-state index contributed by atoms with van der Waals surface area (Å²) >= 11 is 0. The van der Waals surface area contributed by atoms with Crippen LogP contribution in [0.2, 0.25) is 0 Å². The lowest BCUT2D eigenvalue weighted by atomic mass is 10.1. The van der Waals surface area contributed by atoms with E-state index in [0.717, 1.165) is 0 Å². The average molecular weight is 454 g/mol. The van der Waals surface area contributed by atoms with E-state index in [4.69, 9.17) is 18.6 Å². The maximum absolute atomic E-state index is 13.1. The number of carbonyl (C=O) groups is 2. The van der Waals surface area contributed by atoms with Crippen molar-refractivity contribution < 1.29 is 33.1 Å². The van der Waals surface area contributed by atoms with Gasteiger partial charge in [0.15, 0.2) is 0 Å². The van der Waals surface area contributed by atoms with Crippen LogP contribution in [0.1, 0.15) is 33.4 Å². The zero-order valence-electron chi connectivity index (χ0n) is 17.9. The normalized spacial score (nSPS) is 13.7. The van der Waals surface area contributed by atoms with Crippen LogP contribution >= 0.6 is 0 Å². The molecule has 0 radical (unpaired) electrons. The molecule has 1 aliphatic rings. The van der Waals surface area contributed by atoms with Gasteiger partial charge in [0.1, 0.15) is 12.2 Å². The Morgan fingerprint density at radius 1 is 1.09 bits per heavy atom. The Labute approximate surface area is 188 Å². The molecule has 0 unspecified atom stereocenters. The highest BCUT2D eigenvalue weighted by Gasteiger charge is 2.26. The third-order valence-corrected chi connectivity index (χ3v) is 5.27. The third-order valence-electron chi connectivity index (χ3n) is 5.27. The quantitative estimate of drug-likeness (QED) is 0.299. The molecule has 1 aromatic heterocycles. The molecule has 1 fully saturated rings. The van der Waals surface area contributed by atoms with E-state index in [0.29, 0.717) is 48.5 Å². The van der Waals surface area contributed by atoms with E-state index >= 15 is 0 Å². The van der Waals surface area contributed by atoms with Crippen LogP contribution in [0.4, 0.5) is 11.4 Å². The SMILES string of the molecule is CCOC(=O)c1oc2ccccc2c1COC(=O)c1cc([N+](=O)[O-])ccc1N1CCOCC1. The first-order chi connectivity index (χ1) is 16.0. The van der Waals surface area contributed by atoms with Crippen molar-refractivity contribution in [1.82, 2.24) is 0 Å². The number of nitro groups is 1. The van der Waals surface area contributed by atoms with Crippen molar-refractivity contribution in [2.75, 3.05) is 37.8 Å². The van der Waals surface area contributed by atoms with Crippen LogP contribution in [0, 0.1) is 10.1 Å². The molecule has 4 rings (SSSR count). The first-order valence-electron chi connectivity index (χ1n) is 10.5. The fraction of sp³-hybridized carbons (Fsp3) is 0.304. The van der Waals surface area contributed by atoms with E-state index < -0.39 is 16.9 Å². The number of nitrogens with zero attached hydrogens (tertiary/aromatic N) is 2. The average Bonchev–Trinajstić information content (AvgIpc) is 3.21. The predicted octanol–water partition coefficient (Wildman–Crippen LogP) is 3.71. The number of ether oxygens (including phenoxy) is 3. The Morgan fingerprint density at radius 2 is 1.85 bits per heavy atom. The topological polar surface area (TPSA) is 121 Å². The second kappa shape index (κ2) is 9.70. The lowest BCUT2D eigenvalue weighted by molar-refractivity contribution is -0.384. The van der Waals surface area contributed by atoms with Gasteiger partial charge in [-0.05, 0) is 19.1 Å². The number of rotatable bonds is 7. The van der Waals surface area contributed by atoms with Crippen molar-refractivity contribution in [2.45, 2.75) is 13.5 Å². The van der Waals surface area contributed by atoms with Crippen LogP contribution in [0.15, 0.2) is 46.9 Å². The lowest BCUT2D eigenvalue weighted by Crippen LogP contribution is -2.37. The summed E-state index contributed by atoms with van der Waals surface area (Å²) in [4.78, 5) is 38.1. The Hall–Kier alpha value is -3.92. The molecule has 10 heteroatoms. The van der Waals surface area contributed by atoms with Crippen LogP contribution < -0.4 is 4.90 Å². The molecule has 2 heterocycles. The van der Waals surface area contributed by atoms with E-state index in [-0.39, 0.29) is 30.2 Å². The summed E-state index contributed by atoms with van der Waals surface area (Å²) in [6.45, 7) is 3.61. The number of nitro benzene ring substituents is 1. The second-order valence-electron chi connectivity index (χ2n) is 7.26. The van der Waals surface area contributed by atoms with Gasteiger partial charge in [0.05, 0.1) is 41.6 Å². The molecule has 0 atom stereocenters. The van der Waals surface area contributed by atoms with Gasteiger partial charge < -0.3 is 23.5 Å². The largest absolute Gasteiger partial charge is 0.460 e. The molecule has 0 saturated carbocycles. The molecule has 0 amide bonds. The fourth-order valence-corrected chi connectivity index (χ4v) is 3.70. The number of carbonyl (C=O) groups excluding carboxylic acids is 2. The van der Waals surface area contributed by atoms with Gasteiger partial charge in [0, 0.05) is 30.6 Å². The van der Waals surface area contributed by atoms with Crippen molar-refractivity contribution >= 4 is 34.3 Å². The maximum atomic E-state index is 13.1. The number of esters is 2. The van der Waals surface area contributed by atoms with Crippen LogP contribution in [0.25, 0.3) is 11.0 Å². The highest BCUT2D eigenvalue weighted by Crippen LogP contribution is 2.30. The van der Waals surface area contributed by atoms with Crippen molar-refractivity contribution in [2.24, 2.45) is 0 Å². The van der Waals surface area contributed by atoms with Crippen molar-refractivity contribution in [3.8, 4) is 0 Å². The van der Waals surface area contributed by atoms with E-state index in [1.807, 2.05) is 4.90 Å². The molecule has 172 valence electrons. The number of hydrogen-bond acceptors (Lipinski definition) is 9. The molecule has 10 nitrogen and oxygen atoms in total. The Morgan fingerprint density at radius 3 is 2.58 bits per heavy atom. The summed E-state index contributed by atoms with van der Waals surface area (Å²) < 4.78 is 21.6. The minimum atomic E-state index is -0.750. The van der Waals surface area contributed by atoms with E-state index in [1.54, 1.807) is 31.2 Å². The van der Waals surface area contributed by atoms with Gasteiger partial charge in [0.25, 0.3) is 5.69 Å². The third kappa shape index (κ3) is 4.65. The molecular weight excluding hydrogens is 432 g/mol. The molecule has 1 aliphatic heterocycles. The minimum Gasteiger partial charge on any atom is -0.460 e. The van der Waals surface area contributed by atoms with Gasteiger partial charge in [-0.25, -0.2) is 9.59 Å². The summed E-state index contributed by atoms with van der Waals surface area (Å²) in [5.74, 6) is -1.46. The van der Waals surface area contributed by atoms with Crippen molar-refractivity contribution in [1.29, 1.82) is 0 Å². The maximum Gasteiger partial charge on any atom is 0.374 e. The highest BCUT2D eigenvalue weighted by atomic mass is 16.6. The number of morpholine rings is 1.